The van der Waals surface area contributed by atoms with Gasteiger partial charge in [0.2, 0.25) is 0 Å². The highest BCUT2D eigenvalue weighted by molar-refractivity contribution is 9.10. The van der Waals surface area contributed by atoms with Crippen LogP contribution in [0.1, 0.15) is 17.6 Å². The number of alkyl halides is 5. The fraction of sp³-hybridized carbons (Fsp3) is 0.250. The Kier molecular flexibility index (Phi) is 3.32. The van der Waals surface area contributed by atoms with Gasteiger partial charge in [0.25, 0.3) is 6.43 Å². The summed E-state index contributed by atoms with van der Waals surface area (Å²) in [4.78, 5) is 0. The third kappa shape index (κ3) is 2.64. The Bertz CT molecular complexity index is 370. The lowest BCUT2D eigenvalue weighted by Crippen LogP contribution is -2.07. The maximum atomic E-state index is 12.9. The molecule has 0 aliphatic rings. The van der Waals surface area contributed by atoms with Gasteiger partial charge >= 0.3 is 6.18 Å². The summed E-state index contributed by atoms with van der Waals surface area (Å²) < 4.78 is 73.0. The van der Waals surface area contributed by atoms with Crippen LogP contribution in [0, 0.1) is 5.82 Å². The molecule has 1 rings (SSSR count). The molecule has 0 atom stereocenters. The van der Waals surface area contributed by atoms with Crippen LogP contribution in [0.2, 0.25) is 0 Å². The van der Waals surface area contributed by atoms with E-state index >= 15 is 0 Å². The molecule has 0 heterocycles. The largest absolute Gasteiger partial charge is 0.416 e. The molecule has 1 aromatic rings. The molecule has 84 valence electrons. The van der Waals surface area contributed by atoms with Gasteiger partial charge in [-0.15, -0.1) is 0 Å². The highest BCUT2D eigenvalue weighted by Gasteiger charge is 2.33. The monoisotopic (exact) mass is 292 g/mol. The van der Waals surface area contributed by atoms with Crippen LogP contribution in [0.4, 0.5) is 26.3 Å². The van der Waals surface area contributed by atoms with Gasteiger partial charge in [0.15, 0.2) is 0 Å². The zero-order chi connectivity index (χ0) is 11.8. The van der Waals surface area contributed by atoms with Crippen molar-refractivity contribution >= 4 is 15.9 Å². The van der Waals surface area contributed by atoms with Crippen molar-refractivity contribution in [3.05, 3.63) is 33.5 Å². The maximum Gasteiger partial charge on any atom is 0.416 e. The topological polar surface area (TPSA) is 0 Å². The van der Waals surface area contributed by atoms with Crippen molar-refractivity contribution in [1.29, 1.82) is 0 Å². The molecule has 0 aliphatic heterocycles. The summed E-state index contributed by atoms with van der Waals surface area (Å²) in [7, 11) is 0. The number of benzene rings is 1. The van der Waals surface area contributed by atoms with E-state index in [0.717, 1.165) is 0 Å². The lowest BCUT2D eigenvalue weighted by molar-refractivity contribution is -0.137. The van der Waals surface area contributed by atoms with E-state index in [1.807, 2.05) is 0 Å². The molecule has 0 aliphatic carbocycles. The van der Waals surface area contributed by atoms with Crippen LogP contribution in [0.15, 0.2) is 16.6 Å². The van der Waals surface area contributed by atoms with Crippen LogP contribution >= 0.6 is 15.9 Å². The molecule has 15 heavy (non-hydrogen) atoms. The third-order valence-corrected chi connectivity index (χ3v) is 2.46. The van der Waals surface area contributed by atoms with Gasteiger partial charge in [-0.1, -0.05) is 0 Å². The average Bonchev–Trinajstić information content (AvgIpc) is 2.06. The third-order valence-electron chi connectivity index (χ3n) is 1.62. The molecule has 0 bridgehead atoms. The Hall–Kier alpha value is -0.720. The van der Waals surface area contributed by atoms with Gasteiger partial charge in [0, 0.05) is 5.56 Å². The van der Waals surface area contributed by atoms with E-state index in [1.165, 1.54) is 0 Å². The van der Waals surface area contributed by atoms with Crippen molar-refractivity contribution in [3.63, 3.8) is 0 Å². The second-order valence-electron chi connectivity index (χ2n) is 2.66. The van der Waals surface area contributed by atoms with Crippen LogP contribution < -0.4 is 0 Å². The Morgan fingerprint density at radius 3 is 2.07 bits per heavy atom. The Morgan fingerprint density at radius 2 is 1.67 bits per heavy atom. The van der Waals surface area contributed by atoms with E-state index in [9.17, 15) is 26.3 Å². The van der Waals surface area contributed by atoms with Gasteiger partial charge < -0.3 is 0 Å². The molecule has 0 nitrogen and oxygen atoms in total. The lowest BCUT2D eigenvalue weighted by Gasteiger charge is -2.10. The average molecular weight is 293 g/mol. The molecule has 0 amide bonds. The van der Waals surface area contributed by atoms with Crippen molar-refractivity contribution in [1.82, 2.24) is 0 Å². The van der Waals surface area contributed by atoms with E-state index in [2.05, 4.69) is 15.9 Å². The van der Waals surface area contributed by atoms with Crippen LogP contribution in [-0.2, 0) is 6.18 Å². The number of rotatable bonds is 1. The predicted octanol–water partition coefficient (Wildman–Crippen LogP) is 4.54. The molecule has 0 fully saturated rings. The van der Waals surface area contributed by atoms with Crippen molar-refractivity contribution in [2.75, 3.05) is 0 Å². The van der Waals surface area contributed by atoms with Crippen molar-refractivity contribution in [2.45, 2.75) is 12.6 Å². The van der Waals surface area contributed by atoms with Gasteiger partial charge in [-0.2, -0.15) is 13.2 Å². The van der Waals surface area contributed by atoms with Crippen LogP contribution in [0.5, 0.6) is 0 Å². The van der Waals surface area contributed by atoms with Crippen LogP contribution in [0.25, 0.3) is 0 Å². The molecule has 0 radical (unpaired) electrons. The first-order valence-electron chi connectivity index (χ1n) is 3.57. The van der Waals surface area contributed by atoms with E-state index in [0.29, 0.717) is 0 Å². The normalized spacial score (nSPS) is 12.3. The van der Waals surface area contributed by atoms with E-state index in [4.69, 9.17) is 0 Å². The number of hydrogen-bond donors (Lipinski definition) is 0. The molecule has 7 heteroatoms. The maximum absolute atomic E-state index is 12.9. The number of halogens is 7. The highest BCUT2D eigenvalue weighted by Crippen LogP contribution is 2.36. The van der Waals surface area contributed by atoms with Crippen molar-refractivity contribution in [2.24, 2.45) is 0 Å². The van der Waals surface area contributed by atoms with Gasteiger partial charge in [0.05, 0.1) is 10.0 Å². The van der Waals surface area contributed by atoms with Crippen LogP contribution in [-0.4, -0.2) is 0 Å². The second kappa shape index (κ2) is 4.03. The molecule has 0 aromatic heterocycles. The van der Waals surface area contributed by atoms with Gasteiger partial charge in [-0.05, 0) is 28.1 Å². The zero-order valence-electron chi connectivity index (χ0n) is 6.88. The summed E-state index contributed by atoms with van der Waals surface area (Å²) in [5.41, 5.74) is -2.44. The van der Waals surface area contributed by atoms with Crippen molar-refractivity contribution < 1.29 is 26.3 Å². The molecule has 0 saturated heterocycles. The molecule has 0 N–H and O–H groups in total. The Morgan fingerprint density at radius 1 is 1.13 bits per heavy atom. The molecule has 0 unspecified atom stereocenters. The fourth-order valence-electron chi connectivity index (χ4n) is 0.933. The molecule has 0 spiro atoms. The standard InChI is InChI=1S/C8H3BrF6/c9-6-4(7(11)12)1-3(2-5(6)10)8(13,14)15/h1-2,7H. The SMILES string of the molecule is Fc1cc(C(F)(F)F)cc(C(F)F)c1Br. The Labute approximate surface area is 89.0 Å². The summed E-state index contributed by atoms with van der Waals surface area (Å²) >= 11 is 2.46. The second-order valence-corrected chi connectivity index (χ2v) is 3.45. The van der Waals surface area contributed by atoms with E-state index < -0.39 is 34.0 Å². The summed E-state index contributed by atoms with van der Waals surface area (Å²) in [5.74, 6) is -1.36. The van der Waals surface area contributed by atoms with Crippen LogP contribution in [0.3, 0.4) is 0 Å². The number of hydrogen-bond acceptors (Lipinski definition) is 0. The summed E-state index contributed by atoms with van der Waals surface area (Å²) in [5, 5.41) is 0. The lowest BCUT2D eigenvalue weighted by atomic mass is 10.1. The summed E-state index contributed by atoms with van der Waals surface area (Å²) in [6, 6.07) is 0.383. The fourth-order valence-corrected chi connectivity index (χ4v) is 1.33. The first kappa shape index (κ1) is 12.4. The minimum Gasteiger partial charge on any atom is -0.206 e. The smallest absolute Gasteiger partial charge is 0.206 e. The first-order valence-corrected chi connectivity index (χ1v) is 4.37. The van der Waals surface area contributed by atoms with E-state index in [-0.39, 0.29) is 12.1 Å². The van der Waals surface area contributed by atoms with E-state index in [1.54, 1.807) is 0 Å². The van der Waals surface area contributed by atoms with Gasteiger partial charge in [0.1, 0.15) is 5.82 Å². The molecular formula is C8H3BrF6. The minimum atomic E-state index is -4.84. The molecular weight excluding hydrogens is 290 g/mol. The highest BCUT2D eigenvalue weighted by atomic mass is 79.9. The predicted molar refractivity (Wildman–Crippen MR) is 44.1 cm³/mol. The first-order chi connectivity index (χ1) is 6.73. The molecule has 0 saturated carbocycles. The quantitative estimate of drug-likeness (QED) is 0.667. The summed E-state index contributed by atoms with van der Waals surface area (Å²) in [6.45, 7) is 0. The summed E-state index contributed by atoms with van der Waals surface area (Å²) in [6.07, 6.45) is -8.01. The minimum absolute atomic E-state index is 0.163. The van der Waals surface area contributed by atoms with Gasteiger partial charge in [-0.25, -0.2) is 13.2 Å². The Balaban J connectivity index is 3.36. The van der Waals surface area contributed by atoms with Crippen molar-refractivity contribution in [3.8, 4) is 0 Å². The van der Waals surface area contributed by atoms with Gasteiger partial charge in [-0.3, -0.25) is 0 Å². The zero-order valence-corrected chi connectivity index (χ0v) is 8.46. The molecule has 1 aromatic carbocycles.